The lowest BCUT2D eigenvalue weighted by Gasteiger charge is -2.31. The topological polar surface area (TPSA) is 35.2 Å². The maximum Gasteiger partial charge on any atom is 0.158 e. The molecule has 0 fully saturated rings. The molecule has 84 valence electrons. The van der Waals surface area contributed by atoms with E-state index in [4.69, 9.17) is 10.5 Å². The van der Waals surface area contributed by atoms with Crippen LogP contribution in [0.1, 0.15) is 31.9 Å². The number of rotatable bonds is 3. The van der Waals surface area contributed by atoms with Gasteiger partial charge in [-0.05, 0) is 31.9 Å². The zero-order valence-electron chi connectivity index (χ0n) is 10.3. The molecule has 1 atom stereocenters. The highest BCUT2D eigenvalue weighted by atomic mass is 16.5. The fraction of sp³-hybridized carbons (Fsp3) is 0.538. The second kappa shape index (κ2) is 4.23. The van der Waals surface area contributed by atoms with Crippen LogP contribution in [0.4, 0.5) is 0 Å². The van der Waals surface area contributed by atoms with Gasteiger partial charge < -0.3 is 4.74 Å². The molecule has 0 amide bonds. The molecule has 1 rings (SSSR count). The van der Waals surface area contributed by atoms with Gasteiger partial charge in [0.05, 0.1) is 0 Å². The first-order chi connectivity index (χ1) is 6.84. The summed E-state index contributed by atoms with van der Waals surface area (Å²) in [7, 11) is 0. The molecule has 0 aliphatic heterocycles. The average molecular weight is 207 g/mol. The molecule has 2 heteroatoms. The van der Waals surface area contributed by atoms with Crippen LogP contribution in [0.15, 0.2) is 18.2 Å². The largest absolute Gasteiger partial charge is 0.473 e. The number of hydrogen-bond acceptors (Lipinski definition) is 2. The molecule has 0 radical (unpaired) electrons. The Morgan fingerprint density at radius 1 is 1.20 bits per heavy atom. The van der Waals surface area contributed by atoms with Gasteiger partial charge in [-0.2, -0.15) is 0 Å². The lowest BCUT2D eigenvalue weighted by molar-refractivity contribution is 0.0458. The molecule has 0 aliphatic rings. The average Bonchev–Trinajstić information content (AvgIpc) is 2.11. The molecule has 2 nitrogen and oxygen atoms in total. The normalized spacial score (nSPS) is 15.1. The lowest BCUT2D eigenvalue weighted by atomic mass is 10.0. The van der Waals surface area contributed by atoms with Gasteiger partial charge in [-0.3, -0.25) is 5.73 Å². The summed E-state index contributed by atoms with van der Waals surface area (Å²) >= 11 is 0. The molecule has 0 spiro atoms. The highest BCUT2D eigenvalue weighted by molar-refractivity contribution is 5.40. The number of ether oxygens (including phenoxy) is 1. The van der Waals surface area contributed by atoms with Crippen LogP contribution in [0.5, 0.6) is 5.75 Å². The molecule has 0 aliphatic carbocycles. The minimum Gasteiger partial charge on any atom is -0.473 e. The maximum atomic E-state index is 6.11. The van der Waals surface area contributed by atoms with Crippen LogP contribution in [-0.4, -0.2) is 5.72 Å². The summed E-state index contributed by atoms with van der Waals surface area (Å²) in [5.41, 5.74) is 7.76. The highest BCUT2D eigenvalue weighted by Crippen LogP contribution is 2.27. The number of aryl methyl sites for hydroxylation is 2. The van der Waals surface area contributed by atoms with E-state index in [9.17, 15) is 0 Å². The van der Waals surface area contributed by atoms with Crippen molar-refractivity contribution in [3.05, 3.63) is 29.3 Å². The Hall–Kier alpha value is -1.02. The number of para-hydroxylation sites is 1. The standard InChI is InChI=1S/C13H21NO/c1-9(2)13(5,14)15-12-10(3)7-6-8-11(12)4/h6-9H,14H2,1-5H3. The van der Waals surface area contributed by atoms with Gasteiger partial charge in [-0.1, -0.05) is 32.0 Å². The third kappa shape index (κ3) is 2.72. The Kier molecular flexibility index (Phi) is 3.40. The van der Waals surface area contributed by atoms with E-state index in [0.29, 0.717) is 0 Å². The van der Waals surface area contributed by atoms with Crippen molar-refractivity contribution in [1.82, 2.24) is 0 Å². The molecular formula is C13H21NO. The SMILES string of the molecule is Cc1cccc(C)c1OC(C)(N)C(C)C. The van der Waals surface area contributed by atoms with Crippen molar-refractivity contribution in [2.24, 2.45) is 11.7 Å². The van der Waals surface area contributed by atoms with Gasteiger partial charge in [0, 0.05) is 5.92 Å². The minimum atomic E-state index is -0.614. The lowest BCUT2D eigenvalue weighted by Crippen LogP contribution is -2.47. The molecule has 1 aromatic rings. The second-order valence-electron chi connectivity index (χ2n) is 4.66. The predicted molar refractivity (Wildman–Crippen MR) is 64.0 cm³/mol. The zero-order valence-corrected chi connectivity index (χ0v) is 10.3. The summed E-state index contributed by atoms with van der Waals surface area (Å²) in [5.74, 6) is 1.19. The van der Waals surface area contributed by atoms with E-state index in [-0.39, 0.29) is 5.92 Å². The van der Waals surface area contributed by atoms with E-state index in [1.807, 2.05) is 39.0 Å². The third-order valence-electron chi connectivity index (χ3n) is 2.88. The van der Waals surface area contributed by atoms with Crippen LogP contribution < -0.4 is 10.5 Å². The molecule has 0 heterocycles. The Labute approximate surface area is 92.4 Å². The summed E-state index contributed by atoms with van der Waals surface area (Å²) in [4.78, 5) is 0. The predicted octanol–water partition coefficient (Wildman–Crippen LogP) is 3.01. The Bertz CT molecular complexity index is 322. The maximum absolute atomic E-state index is 6.11. The molecule has 15 heavy (non-hydrogen) atoms. The number of benzene rings is 1. The van der Waals surface area contributed by atoms with Crippen LogP contribution in [0.2, 0.25) is 0 Å². The summed E-state index contributed by atoms with van der Waals surface area (Å²) in [5, 5.41) is 0. The Morgan fingerprint density at radius 3 is 2.07 bits per heavy atom. The van der Waals surface area contributed by atoms with Crippen molar-refractivity contribution in [2.75, 3.05) is 0 Å². The first-order valence-corrected chi connectivity index (χ1v) is 5.38. The van der Waals surface area contributed by atoms with Gasteiger partial charge in [-0.25, -0.2) is 0 Å². The molecule has 1 unspecified atom stereocenters. The molecule has 0 aromatic heterocycles. The van der Waals surface area contributed by atoms with E-state index in [0.717, 1.165) is 16.9 Å². The van der Waals surface area contributed by atoms with Crippen molar-refractivity contribution in [3.8, 4) is 5.75 Å². The fourth-order valence-corrected chi connectivity index (χ4v) is 1.30. The van der Waals surface area contributed by atoms with E-state index in [2.05, 4.69) is 13.8 Å². The molecule has 1 aromatic carbocycles. The van der Waals surface area contributed by atoms with Gasteiger partial charge >= 0.3 is 0 Å². The molecule has 2 N–H and O–H groups in total. The van der Waals surface area contributed by atoms with Gasteiger partial charge in [0.1, 0.15) is 5.75 Å². The van der Waals surface area contributed by atoms with E-state index in [1.54, 1.807) is 0 Å². The number of hydrogen-bond donors (Lipinski definition) is 1. The zero-order chi connectivity index (χ0) is 11.6. The first kappa shape index (κ1) is 12.1. The summed E-state index contributed by atoms with van der Waals surface area (Å²) in [6, 6.07) is 6.11. The van der Waals surface area contributed by atoms with Gasteiger partial charge in [0.15, 0.2) is 5.72 Å². The Morgan fingerprint density at radius 2 is 1.67 bits per heavy atom. The van der Waals surface area contributed by atoms with E-state index in [1.165, 1.54) is 0 Å². The monoisotopic (exact) mass is 207 g/mol. The van der Waals surface area contributed by atoms with Crippen molar-refractivity contribution < 1.29 is 4.74 Å². The van der Waals surface area contributed by atoms with Crippen LogP contribution in [0.25, 0.3) is 0 Å². The Balaban J connectivity index is 2.99. The van der Waals surface area contributed by atoms with E-state index >= 15 is 0 Å². The molecule has 0 saturated carbocycles. The molecule has 0 saturated heterocycles. The molecule has 0 bridgehead atoms. The van der Waals surface area contributed by atoms with Crippen molar-refractivity contribution in [1.29, 1.82) is 0 Å². The second-order valence-corrected chi connectivity index (χ2v) is 4.66. The number of nitrogens with two attached hydrogens (primary N) is 1. The first-order valence-electron chi connectivity index (χ1n) is 5.38. The summed E-state index contributed by atoms with van der Waals surface area (Å²) in [6.07, 6.45) is 0. The minimum absolute atomic E-state index is 0.275. The van der Waals surface area contributed by atoms with Crippen LogP contribution >= 0.6 is 0 Å². The summed E-state index contributed by atoms with van der Waals surface area (Å²) < 4.78 is 5.90. The highest BCUT2D eigenvalue weighted by Gasteiger charge is 2.26. The van der Waals surface area contributed by atoms with Crippen molar-refractivity contribution >= 4 is 0 Å². The van der Waals surface area contributed by atoms with Crippen molar-refractivity contribution in [2.45, 2.75) is 40.3 Å². The molecular weight excluding hydrogens is 186 g/mol. The van der Waals surface area contributed by atoms with Crippen LogP contribution in [0, 0.1) is 19.8 Å². The third-order valence-corrected chi connectivity index (χ3v) is 2.88. The van der Waals surface area contributed by atoms with Gasteiger partial charge in [0.25, 0.3) is 0 Å². The quantitative estimate of drug-likeness (QED) is 0.773. The van der Waals surface area contributed by atoms with Crippen molar-refractivity contribution in [3.63, 3.8) is 0 Å². The van der Waals surface area contributed by atoms with Crippen LogP contribution in [-0.2, 0) is 0 Å². The fourth-order valence-electron chi connectivity index (χ4n) is 1.30. The smallest absolute Gasteiger partial charge is 0.158 e. The van der Waals surface area contributed by atoms with E-state index < -0.39 is 5.72 Å². The summed E-state index contributed by atoms with van der Waals surface area (Å²) in [6.45, 7) is 10.1. The van der Waals surface area contributed by atoms with Gasteiger partial charge in [0.2, 0.25) is 0 Å². The van der Waals surface area contributed by atoms with Gasteiger partial charge in [-0.15, -0.1) is 0 Å². The van der Waals surface area contributed by atoms with Crippen LogP contribution in [0.3, 0.4) is 0 Å².